The van der Waals surface area contributed by atoms with Gasteiger partial charge in [0.25, 0.3) is 5.91 Å². The van der Waals surface area contributed by atoms with E-state index in [0.717, 1.165) is 23.1 Å². The number of anilines is 2. The Morgan fingerprint density at radius 1 is 1.25 bits per heavy atom. The fourth-order valence-electron chi connectivity index (χ4n) is 2.33. The van der Waals surface area contributed by atoms with Gasteiger partial charge in [0.05, 0.1) is 35.5 Å². The molecule has 0 atom stereocenters. The highest BCUT2D eigenvalue weighted by atomic mass is 32.1. The summed E-state index contributed by atoms with van der Waals surface area (Å²) in [5, 5.41) is 11.9. The SMILES string of the molecule is CC.Cc1ccc(Nc2c(C(=O)NOCCO)sc3c(F)cncc23)c(F)c1. The Balaban J connectivity index is 0.00000136. The molecule has 0 aliphatic heterocycles. The van der Waals surface area contributed by atoms with Gasteiger partial charge in [0.1, 0.15) is 10.7 Å². The van der Waals surface area contributed by atoms with Crippen LogP contribution in [-0.4, -0.2) is 29.2 Å². The number of aliphatic hydroxyl groups excluding tert-OH is 1. The lowest BCUT2D eigenvalue weighted by atomic mass is 10.2. The molecule has 0 saturated heterocycles. The summed E-state index contributed by atoms with van der Waals surface area (Å²) in [6, 6.07) is 4.59. The van der Waals surface area contributed by atoms with Crippen molar-refractivity contribution in [3.8, 4) is 0 Å². The van der Waals surface area contributed by atoms with Gasteiger partial charge in [0.15, 0.2) is 5.82 Å². The summed E-state index contributed by atoms with van der Waals surface area (Å²) in [6.45, 7) is 5.39. The van der Waals surface area contributed by atoms with Crippen LogP contribution >= 0.6 is 11.3 Å². The van der Waals surface area contributed by atoms with Crippen LogP contribution in [0.5, 0.6) is 0 Å². The predicted octanol–water partition coefficient (Wildman–Crippen LogP) is 4.31. The summed E-state index contributed by atoms with van der Waals surface area (Å²) in [5.74, 6) is -1.74. The molecule has 2 heterocycles. The van der Waals surface area contributed by atoms with Gasteiger partial charge in [-0.05, 0) is 24.6 Å². The first-order chi connectivity index (χ1) is 13.5. The van der Waals surface area contributed by atoms with Crippen LogP contribution in [-0.2, 0) is 4.84 Å². The Hall–Kier alpha value is -2.62. The molecule has 6 nitrogen and oxygen atoms in total. The van der Waals surface area contributed by atoms with Gasteiger partial charge in [-0.2, -0.15) is 0 Å². The lowest BCUT2D eigenvalue weighted by molar-refractivity contribution is 0.0172. The smallest absolute Gasteiger partial charge is 0.287 e. The number of hydroxylamine groups is 1. The zero-order valence-corrected chi connectivity index (χ0v) is 16.5. The van der Waals surface area contributed by atoms with Crippen molar-refractivity contribution < 1.29 is 23.5 Å². The van der Waals surface area contributed by atoms with Crippen LogP contribution in [0.2, 0.25) is 0 Å². The number of carbonyl (C=O) groups is 1. The van der Waals surface area contributed by atoms with E-state index in [9.17, 15) is 13.6 Å². The van der Waals surface area contributed by atoms with Crippen molar-refractivity contribution in [3.63, 3.8) is 0 Å². The van der Waals surface area contributed by atoms with E-state index in [1.807, 2.05) is 13.8 Å². The van der Waals surface area contributed by atoms with Gasteiger partial charge in [0.2, 0.25) is 0 Å². The second-order valence-electron chi connectivity index (χ2n) is 5.42. The monoisotopic (exact) mass is 409 g/mol. The molecule has 3 rings (SSSR count). The molecule has 0 bridgehead atoms. The average Bonchev–Trinajstić information content (AvgIpc) is 3.06. The third-order valence-electron chi connectivity index (χ3n) is 3.50. The Bertz CT molecular complexity index is 963. The van der Waals surface area contributed by atoms with E-state index in [2.05, 4.69) is 15.8 Å². The molecule has 1 amide bonds. The lowest BCUT2D eigenvalue weighted by Gasteiger charge is -2.10. The number of nitrogens with one attached hydrogen (secondary N) is 2. The summed E-state index contributed by atoms with van der Waals surface area (Å²) >= 11 is 0.890. The highest BCUT2D eigenvalue weighted by Crippen LogP contribution is 2.38. The first-order valence-electron chi connectivity index (χ1n) is 8.63. The zero-order chi connectivity index (χ0) is 20.7. The molecule has 3 N–H and O–H groups in total. The highest BCUT2D eigenvalue weighted by Gasteiger charge is 2.22. The molecule has 0 spiro atoms. The Kier molecular flexibility index (Phi) is 7.80. The summed E-state index contributed by atoms with van der Waals surface area (Å²) < 4.78 is 28.5. The van der Waals surface area contributed by atoms with Gasteiger partial charge in [-0.25, -0.2) is 14.3 Å². The average molecular weight is 409 g/mol. The van der Waals surface area contributed by atoms with Crippen molar-refractivity contribution in [2.24, 2.45) is 0 Å². The van der Waals surface area contributed by atoms with E-state index < -0.39 is 17.5 Å². The zero-order valence-electron chi connectivity index (χ0n) is 15.7. The summed E-state index contributed by atoms with van der Waals surface area (Å²) in [5.41, 5.74) is 3.28. The predicted molar refractivity (Wildman–Crippen MR) is 106 cm³/mol. The normalized spacial score (nSPS) is 10.4. The minimum atomic E-state index is -0.644. The quantitative estimate of drug-likeness (QED) is 0.417. The van der Waals surface area contributed by atoms with Crippen molar-refractivity contribution in [1.29, 1.82) is 0 Å². The van der Waals surface area contributed by atoms with Crippen molar-refractivity contribution in [3.05, 3.63) is 52.7 Å². The number of carbonyl (C=O) groups excluding carboxylic acids is 1. The number of amides is 1. The number of hydrogen-bond donors (Lipinski definition) is 3. The lowest BCUT2D eigenvalue weighted by Crippen LogP contribution is -2.24. The molecule has 3 aromatic rings. The van der Waals surface area contributed by atoms with Crippen LogP contribution in [0.15, 0.2) is 30.6 Å². The van der Waals surface area contributed by atoms with Gasteiger partial charge in [0, 0.05) is 11.6 Å². The van der Waals surface area contributed by atoms with Gasteiger partial charge in [-0.1, -0.05) is 19.9 Å². The first-order valence-corrected chi connectivity index (χ1v) is 9.45. The number of hydrogen-bond acceptors (Lipinski definition) is 6. The third kappa shape index (κ3) is 4.80. The molecule has 150 valence electrons. The minimum Gasteiger partial charge on any atom is -0.394 e. The molecule has 0 aliphatic rings. The molecular formula is C19H21F2N3O3S. The number of nitrogens with zero attached hydrogens (tertiary/aromatic N) is 1. The van der Waals surface area contributed by atoms with Crippen LogP contribution in [0, 0.1) is 18.6 Å². The standard InChI is InChI=1S/C17H15F2N3O3S.C2H6/c1-9-2-3-13(11(18)6-9)21-14-10-7-20-8-12(19)15(10)26-16(14)17(24)22-25-5-4-23;1-2/h2-3,6-8,21,23H,4-5H2,1H3,(H,22,24);1-2H3. The molecular weight excluding hydrogens is 388 g/mol. The van der Waals surface area contributed by atoms with Gasteiger partial charge in [-0.3, -0.25) is 14.6 Å². The first kappa shape index (κ1) is 21.7. The molecule has 0 unspecified atom stereocenters. The summed E-state index contributed by atoms with van der Waals surface area (Å²) in [7, 11) is 0. The molecule has 0 fully saturated rings. The van der Waals surface area contributed by atoms with Crippen molar-refractivity contribution in [1.82, 2.24) is 10.5 Å². The number of aliphatic hydroxyl groups is 1. The molecule has 9 heteroatoms. The molecule has 2 aromatic heterocycles. The number of aromatic nitrogens is 1. The summed E-state index contributed by atoms with van der Waals surface area (Å²) in [4.78, 5) is 21.1. The largest absolute Gasteiger partial charge is 0.394 e. The van der Waals surface area contributed by atoms with Crippen LogP contribution in [0.3, 0.4) is 0 Å². The van der Waals surface area contributed by atoms with Crippen molar-refractivity contribution in [2.45, 2.75) is 20.8 Å². The van der Waals surface area contributed by atoms with Crippen LogP contribution in [0.1, 0.15) is 29.1 Å². The maximum atomic E-state index is 14.2. The number of pyridine rings is 1. The summed E-state index contributed by atoms with van der Waals surface area (Å²) in [6.07, 6.45) is 2.44. The van der Waals surface area contributed by atoms with Gasteiger partial charge in [-0.15, -0.1) is 11.3 Å². The van der Waals surface area contributed by atoms with E-state index in [-0.39, 0.29) is 34.2 Å². The molecule has 0 saturated carbocycles. The highest BCUT2D eigenvalue weighted by molar-refractivity contribution is 7.21. The van der Waals surface area contributed by atoms with E-state index in [0.29, 0.717) is 5.39 Å². The molecule has 1 aromatic carbocycles. The topological polar surface area (TPSA) is 83.5 Å². The van der Waals surface area contributed by atoms with Crippen LogP contribution in [0.25, 0.3) is 10.1 Å². The molecule has 0 radical (unpaired) electrons. The molecule has 28 heavy (non-hydrogen) atoms. The second-order valence-corrected chi connectivity index (χ2v) is 6.44. The molecule has 0 aliphatic carbocycles. The van der Waals surface area contributed by atoms with E-state index in [1.54, 1.807) is 13.0 Å². The maximum Gasteiger partial charge on any atom is 0.287 e. The maximum absolute atomic E-state index is 14.2. The minimum absolute atomic E-state index is 0.0953. The third-order valence-corrected chi connectivity index (χ3v) is 4.71. The van der Waals surface area contributed by atoms with Crippen molar-refractivity contribution in [2.75, 3.05) is 18.5 Å². The number of rotatable bonds is 6. The van der Waals surface area contributed by atoms with Gasteiger partial charge >= 0.3 is 0 Å². The number of thiophene rings is 1. The number of fused-ring (bicyclic) bond motifs is 1. The number of benzene rings is 1. The Labute approximate surface area is 165 Å². The fourth-order valence-corrected chi connectivity index (χ4v) is 3.35. The van der Waals surface area contributed by atoms with Crippen LogP contribution in [0.4, 0.5) is 20.2 Å². The van der Waals surface area contributed by atoms with E-state index >= 15 is 0 Å². The Morgan fingerprint density at radius 3 is 2.68 bits per heavy atom. The van der Waals surface area contributed by atoms with Crippen molar-refractivity contribution >= 4 is 38.7 Å². The van der Waals surface area contributed by atoms with Gasteiger partial charge < -0.3 is 10.4 Å². The second kappa shape index (κ2) is 10.1. The van der Waals surface area contributed by atoms with E-state index in [1.165, 1.54) is 18.3 Å². The van der Waals surface area contributed by atoms with E-state index in [4.69, 9.17) is 9.94 Å². The number of aryl methyl sites for hydroxylation is 1. The van der Waals surface area contributed by atoms with Crippen LogP contribution < -0.4 is 10.8 Å². The Morgan fingerprint density at radius 2 is 2.00 bits per heavy atom. The number of halogens is 2. The fraction of sp³-hybridized carbons (Fsp3) is 0.263.